The third-order valence-electron chi connectivity index (χ3n) is 4.64. The molecular formula is C14H18N4O. The van der Waals surface area contributed by atoms with Crippen LogP contribution >= 0.6 is 0 Å². The lowest BCUT2D eigenvalue weighted by atomic mass is 9.65. The molecule has 5 heteroatoms. The lowest BCUT2D eigenvalue weighted by Gasteiger charge is -2.61. The summed E-state index contributed by atoms with van der Waals surface area (Å²) in [4.78, 5) is 23.0. The number of amides is 1. The molecule has 1 fully saturated rings. The first-order chi connectivity index (χ1) is 8.84. The van der Waals surface area contributed by atoms with Crippen LogP contribution in [-0.2, 0) is 0 Å². The first-order valence-corrected chi connectivity index (χ1v) is 6.44. The molecule has 0 N–H and O–H groups in total. The summed E-state index contributed by atoms with van der Waals surface area (Å²) in [6.07, 6.45) is 6.93. The second-order valence-electron chi connectivity index (χ2n) is 6.27. The third-order valence-corrected chi connectivity index (χ3v) is 4.64. The van der Waals surface area contributed by atoms with Gasteiger partial charge in [0, 0.05) is 42.3 Å². The maximum Gasteiger partial charge on any atom is 0.276 e. The van der Waals surface area contributed by atoms with Crippen LogP contribution in [0, 0.1) is 5.41 Å². The molecule has 0 aliphatic carbocycles. The summed E-state index contributed by atoms with van der Waals surface area (Å²) in [7, 11) is 0. The van der Waals surface area contributed by atoms with Gasteiger partial charge in [-0.05, 0) is 13.8 Å². The number of hydrogen-bond acceptors (Lipinski definition) is 3. The first kappa shape index (κ1) is 12.1. The summed E-state index contributed by atoms with van der Waals surface area (Å²) >= 11 is 0. The Morgan fingerprint density at radius 3 is 2.37 bits per heavy atom. The molecule has 0 unspecified atom stereocenters. The fourth-order valence-corrected chi connectivity index (χ4v) is 2.52. The van der Waals surface area contributed by atoms with Crippen LogP contribution in [-0.4, -0.2) is 37.3 Å². The number of aromatic nitrogens is 3. The highest BCUT2D eigenvalue weighted by Gasteiger charge is 2.55. The molecule has 0 bridgehead atoms. The number of rotatable bonds is 1. The van der Waals surface area contributed by atoms with Crippen LogP contribution in [0.1, 0.15) is 38.2 Å². The summed E-state index contributed by atoms with van der Waals surface area (Å²) < 4.78 is 1.82. The zero-order chi connectivity index (χ0) is 13.8. The second-order valence-corrected chi connectivity index (χ2v) is 6.27. The fraction of sp³-hybridized carbons (Fsp3) is 0.500. The van der Waals surface area contributed by atoms with Gasteiger partial charge >= 0.3 is 0 Å². The summed E-state index contributed by atoms with van der Waals surface area (Å²) in [5.41, 5.74) is 1.01. The van der Waals surface area contributed by atoms with Gasteiger partial charge in [-0.15, -0.1) is 0 Å². The minimum Gasteiger partial charge on any atom is -0.331 e. The average molecular weight is 258 g/mol. The molecule has 100 valence electrons. The van der Waals surface area contributed by atoms with Gasteiger partial charge < -0.3 is 9.30 Å². The predicted molar refractivity (Wildman–Crippen MR) is 71.9 cm³/mol. The van der Waals surface area contributed by atoms with Gasteiger partial charge in [0.1, 0.15) is 0 Å². The van der Waals surface area contributed by atoms with Gasteiger partial charge in [-0.25, -0.2) is 9.97 Å². The molecule has 2 aromatic rings. The van der Waals surface area contributed by atoms with Crippen LogP contribution in [0.25, 0.3) is 5.65 Å². The highest BCUT2D eigenvalue weighted by atomic mass is 16.2. The molecule has 0 aromatic carbocycles. The summed E-state index contributed by atoms with van der Waals surface area (Å²) in [6.45, 7) is 9.31. The van der Waals surface area contributed by atoms with Gasteiger partial charge in [0.15, 0.2) is 11.3 Å². The Hall–Kier alpha value is -1.91. The van der Waals surface area contributed by atoms with E-state index in [2.05, 4.69) is 37.7 Å². The van der Waals surface area contributed by atoms with Crippen molar-refractivity contribution in [3.8, 4) is 0 Å². The molecule has 1 aliphatic heterocycles. The van der Waals surface area contributed by atoms with E-state index in [1.54, 1.807) is 18.6 Å². The largest absolute Gasteiger partial charge is 0.331 e. The Kier molecular flexibility index (Phi) is 2.27. The Labute approximate surface area is 112 Å². The van der Waals surface area contributed by atoms with Crippen LogP contribution < -0.4 is 0 Å². The van der Waals surface area contributed by atoms with Crippen molar-refractivity contribution in [3.05, 3.63) is 30.5 Å². The van der Waals surface area contributed by atoms with Crippen molar-refractivity contribution in [2.45, 2.75) is 33.2 Å². The first-order valence-electron chi connectivity index (χ1n) is 6.44. The van der Waals surface area contributed by atoms with Crippen LogP contribution in [0.4, 0.5) is 0 Å². The van der Waals surface area contributed by atoms with E-state index in [0.717, 1.165) is 6.54 Å². The van der Waals surface area contributed by atoms with Gasteiger partial charge in [-0.2, -0.15) is 0 Å². The zero-order valence-corrected chi connectivity index (χ0v) is 11.7. The molecule has 19 heavy (non-hydrogen) atoms. The van der Waals surface area contributed by atoms with Crippen molar-refractivity contribution in [2.75, 3.05) is 6.54 Å². The molecule has 0 spiro atoms. The molecular weight excluding hydrogens is 240 g/mol. The maximum atomic E-state index is 12.7. The molecule has 5 nitrogen and oxygen atoms in total. The van der Waals surface area contributed by atoms with E-state index in [1.807, 2.05) is 15.5 Å². The third kappa shape index (κ3) is 1.50. The lowest BCUT2D eigenvalue weighted by molar-refractivity contribution is -0.0883. The molecule has 2 aromatic heterocycles. The summed E-state index contributed by atoms with van der Waals surface area (Å²) in [6, 6.07) is 0. The lowest BCUT2D eigenvalue weighted by Crippen LogP contribution is -2.70. The minimum atomic E-state index is -0.162. The van der Waals surface area contributed by atoms with Crippen molar-refractivity contribution < 1.29 is 4.79 Å². The van der Waals surface area contributed by atoms with E-state index in [1.165, 1.54) is 0 Å². The van der Waals surface area contributed by atoms with Gasteiger partial charge in [0.2, 0.25) is 0 Å². The van der Waals surface area contributed by atoms with Crippen molar-refractivity contribution >= 4 is 11.6 Å². The number of imidazole rings is 1. The Morgan fingerprint density at radius 1 is 1.16 bits per heavy atom. The van der Waals surface area contributed by atoms with E-state index in [9.17, 15) is 4.79 Å². The Balaban J connectivity index is 2.00. The number of likely N-dealkylation sites (tertiary alicyclic amines) is 1. The highest BCUT2D eigenvalue weighted by molar-refractivity contribution is 5.98. The number of fused-ring (bicyclic) bond motifs is 1. The smallest absolute Gasteiger partial charge is 0.276 e. The predicted octanol–water partition coefficient (Wildman–Crippen LogP) is 1.99. The molecule has 1 aliphatic rings. The van der Waals surface area contributed by atoms with Crippen molar-refractivity contribution in [1.82, 2.24) is 19.3 Å². The molecule has 0 atom stereocenters. The molecule has 1 saturated heterocycles. The molecule has 3 rings (SSSR count). The van der Waals surface area contributed by atoms with Gasteiger partial charge in [0.25, 0.3) is 5.91 Å². The fourth-order valence-electron chi connectivity index (χ4n) is 2.52. The Bertz CT molecular complexity index is 656. The topological polar surface area (TPSA) is 50.5 Å². The molecule has 1 amide bonds. The van der Waals surface area contributed by atoms with E-state index in [-0.39, 0.29) is 16.9 Å². The normalized spacial score (nSPS) is 20.3. The maximum absolute atomic E-state index is 12.7. The van der Waals surface area contributed by atoms with Crippen molar-refractivity contribution in [2.24, 2.45) is 5.41 Å². The Morgan fingerprint density at radius 2 is 1.79 bits per heavy atom. The second kappa shape index (κ2) is 3.56. The highest BCUT2D eigenvalue weighted by Crippen LogP contribution is 2.46. The molecule has 3 heterocycles. The molecule has 0 radical (unpaired) electrons. The average Bonchev–Trinajstić information content (AvgIpc) is 2.83. The minimum absolute atomic E-state index is 0.0406. The summed E-state index contributed by atoms with van der Waals surface area (Å²) in [5.74, 6) is -0.0406. The van der Waals surface area contributed by atoms with Gasteiger partial charge in [0.05, 0.1) is 0 Å². The standard InChI is InChI=1S/C14H18N4O/c1-13(2)9-18(14(13,3)4)12(19)10-11-16-6-8-17(11)7-5-15-10/h5-8H,9H2,1-4H3. The van der Waals surface area contributed by atoms with Crippen LogP contribution in [0.2, 0.25) is 0 Å². The monoisotopic (exact) mass is 258 g/mol. The van der Waals surface area contributed by atoms with E-state index >= 15 is 0 Å². The SMILES string of the molecule is CC1(C)CN(C(=O)c2nccn3ccnc23)C1(C)C. The number of carbonyl (C=O) groups excluding carboxylic acids is 1. The van der Waals surface area contributed by atoms with Crippen molar-refractivity contribution in [3.63, 3.8) is 0 Å². The van der Waals surface area contributed by atoms with Crippen LogP contribution in [0.5, 0.6) is 0 Å². The summed E-state index contributed by atoms with van der Waals surface area (Å²) in [5, 5.41) is 0. The molecule has 0 saturated carbocycles. The van der Waals surface area contributed by atoms with Crippen LogP contribution in [0.15, 0.2) is 24.8 Å². The number of carbonyl (C=O) groups is 1. The van der Waals surface area contributed by atoms with E-state index < -0.39 is 0 Å². The number of hydrogen-bond donors (Lipinski definition) is 0. The number of nitrogens with zero attached hydrogens (tertiary/aromatic N) is 4. The van der Waals surface area contributed by atoms with Gasteiger partial charge in [-0.3, -0.25) is 4.79 Å². The zero-order valence-electron chi connectivity index (χ0n) is 11.7. The van der Waals surface area contributed by atoms with Crippen molar-refractivity contribution in [1.29, 1.82) is 0 Å². The quantitative estimate of drug-likeness (QED) is 0.786. The van der Waals surface area contributed by atoms with E-state index in [0.29, 0.717) is 11.3 Å². The van der Waals surface area contributed by atoms with E-state index in [4.69, 9.17) is 0 Å². The van der Waals surface area contributed by atoms with Gasteiger partial charge in [-0.1, -0.05) is 13.8 Å². The van der Waals surface area contributed by atoms with Crippen LogP contribution in [0.3, 0.4) is 0 Å².